The number of ether oxygens (including phenoxy) is 1. The third-order valence-corrected chi connectivity index (χ3v) is 4.19. The first-order valence-corrected chi connectivity index (χ1v) is 9.93. The number of carbonyl (C=O) groups excluding carboxylic acids is 2. The average molecular weight is 363 g/mol. The molecular weight excluding hydrogens is 328 g/mol. The van der Waals surface area contributed by atoms with Gasteiger partial charge >= 0.3 is 6.09 Å². The zero-order valence-electron chi connectivity index (χ0n) is 16.1. The molecule has 0 saturated heterocycles. The Labute approximate surface area is 157 Å². The molecule has 26 heavy (non-hydrogen) atoms. The fourth-order valence-electron chi connectivity index (χ4n) is 2.72. The van der Waals surface area contributed by atoms with E-state index >= 15 is 0 Å². The lowest BCUT2D eigenvalue weighted by Crippen LogP contribution is -2.25. The van der Waals surface area contributed by atoms with Gasteiger partial charge in [-0.3, -0.25) is 4.79 Å². The second kappa shape index (κ2) is 15.2. The third-order valence-electron chi connectivity index (χ3n) is 4.19. The molecule has 0 aromatic heterocycles. The summed E-state index contributed by atoms with van der Waals surface area (Å²) in [5.41, 5.74) is 0.994. The molecule has 0 heterocycles. The molecule has 0 unspecified atom stereocenters. The number of alkyl carbamates (subject to hydrolysis) is 1. The highest BCUT2D eigenvalue weighted by Gasteiger charge is 2.02. The van der Waals surface area contributed by atoms with Crippen molar-refractivity contribution in [1.29, 1.82) is 0 Å². The van der Waals surface area contributed by atoms with Gasteiger partial charge in [-0.25, -0.2) is 4.79 Å². The molecule has 0 aliphatic carbocycles. The van der Waals surface area contributed by atoms with E-state index in [2.05, 4.69) is 10.6 Å². The Kier molecular flexibility index (Phi) is 12.9. The van der Waals surface area contributed by atoms with Crippen LogP contribution in [-0.2, 0) is 16.1 Å². The summed E-state index contributed by atoms with van der Waals surface area (Å²) in [6, 6.07) is 9.68. The molecule has 5 heteroatoms. The Morgan fingerprint density at radius 3 is 2.12 bits per heavy atom. The van der Waals surface area contributed by atoms with Crippen LogP contribution in [0.1, 0.15) is 70.3 Å². The number of rotatable bonds is 14. The van der Waals surface area contributed by atoms with Crippen LogP contribution in [0.5, 0.6) is 0 Å². The van der Waals surface area contributed by atoms with Crippen LogP contribution in [0.4, 0.5) is 4.79 Å². The van der Waals surface area contributed by atoms with Gasteiger partial charge in [-0.2, -0.15) is 0 Å². The summed E-state index contributed by atoms with van der Waals surface area (Å²) in [7, 11) is 0. The van der Waals surface area contributed by atoms with Gasteiger partial charge in [0.15, 0.2) is 0 Å². The van der Waals surface area contributed by atoms with Gasteiger partial charge in [0, 0.05) is 19.5 Å². The normalized spacial score (nSPS) is 10.3. The van der Waals surface area contributed by atoms with Gasteiger partial charge in [0.05, 0.1) is 0 Å². The molecule has 2 N–H and O–H groups in total. The van der Waals surface area contributed by atoms with Crippen molar-refractivity contribution in [2.45, 2.75) is 71.3 Å². The molecule has 5 nitrogen and oxygen atoms in total. The SMILES string of the molecule is CCNC(=O)CCCCCCCCCCNC(=O)OCc1ccccc1. The standard InChI is InChI=1S/C21H34N2O3/c1-2-22-20(24)16-12-7-5-3-4-6-8-13-17-23-21(25)26-18-19-14-10-9-11-15-19/h9-11,14-15H,2-8,12-13,16-18H2,1H3,(H,22,24)(H,23,25). The van der Waals surface area contributed by atoms with Crippen LogP contribution in [0.25, 0.3) is 0 Å². The highest BCUT2D eigenvalue weighted by atomic mass is 16.5. The van der Waals surface area contributed by atoms with Crippen LogP contribution >= 0.6 is 0 Å². The molecule has 2 amide bonds. The maximum Gasteiger partial charge on any atom is 0.407 e. The molecule has 0 aliphatic rings. The first-order valence-electron chi connectivity index (χ1n) is 9.93. The van der Waals surface area contributed by atoms with Crippen molar-refractivity contribution in [3.05, 3.63) is 35.9 Å². The monoisotopic (exact) mass is 362 g/mol. The van der Waals surface area contributed by atoms with Crippen LogP contribution in [-0.4, -0.2) is 25.1 Å². The summed E-state index contributed by atoms with van der Waals surface area (Å²) in [6.07, 6.45) is 9.37. The minimum Gasteiger partial charge on any atom is -0.445 e. The van der Waals surface area contributed by atoms with Crippen molar-refractivity contribution in [1.82, 2.24) is 10.6 Å². The van der Waals surface area contributed by atoms with E-state index in [1.54, 1.807) is 0 Å². The molecule has 0 spiro atoms. The van der Waals surface area contributed by atoms with E-state index in [9.17, 15) is 9.59 Å². The quantitative estimate of drug-likeness (QED) is 0.477. The maximum atomic E-state index is 11.6. The van der Waals surface area contributed by atoms with Crippen molar-refractivity contribution in [2.24, 2.45) is 0 Å². The minimum atomic E-state index is -0.346. The fourth-order valence-corrected chi connectivity index (χ4v) is 2.72. The van der Waals surface area contributed by atoms with Gasteiger partial charge in [-0.05, 0) is 25.3 Å². The molecule has 1 aromatic carbocycles. The van der Waals surface area contributed by atoms with Crippen LogP contribution < -0.4 is 10.6 Å². The summed E-state index contributed by atoms with van der Waals surface area (Å²) in [6.45, 7) is 3.65. The molecule has 0 bridgehead atoms. The highest BCUT2D eigenvalue weighted by molar-refractivity contribution is 5.75. The summed E-state index contributed by atoms with van der Waals surface area (Å²) in [5.74, 6) is 0.169. The lowest BCUT2D eigenvalue weighted by atomic mass is 10.1. The third kappa shape index (κ3) is 12.3. The molecule has 0 atom stereocenters. The second-order valence-corrected chi connectivity index (χ2v) is 6.52. The molecular formula is C21H34N2O3. The van der Waals surface area contributed by atoms with Crippen LogP contribution in [0, 0.1) is 0 Å². The van der Waals surface area contributed by atoms with E-state index in [4.69, 9.17) is 4.74 Å². The number of carbonyl (C=O) groups is 2. The van der Waals surface area contributed by atoms with E-state index in [1.807, 2.05) is 37.3 Å². The zero-order valence-corrected chi connectivity index (χ0v) is 16.1. The molecule has 1 aromatic rings. The van der Waals surface area contributed by atoms with E-state index in [1.165, 1.54) is 25.7 Å². The Bertz CT molecular complexity index is 491. The van der Waals surface area contributed by atoms with E-state index in [-0.39, 0.29) is 12.0 Å². The van der Waals surface area contributed by atoms with Gasteiger partial charge in [0.2, 0.25) is 5.91 Å². The topological polar surface area (TPSA) is 67.4 Å². The van der Waals surface area contributed by atoms with E-state index in [0.717, 1.165) is 37.8 Å². The minimum absolute atomic E-state index is 0.169. The van der Waals surface area contributed by atoms with Gasteiger partial charge < -0.3 is 15.4 Å². The van der Waals surface area contributed by atoms with Gasteiger partial charge in [0.1, 0.15) is 6.61 Å². The Morgan fingerprint density at radius 1 is 0.846 bits per heavy atom. The molecule has 0 fully saturated rings. The Hall–Kier alpha value is -2.04. The van der Waals surface area contributed by atoms with E-state index < -0.39 is 0 Å². The lowest BCUT2D eigenvalue weighted by molar-refractivity contribution is -0.121. The average Bonchev–Trinajstić information content (AvgIpc) is 2.65. The number of amides is 2. The van der Waals surface area contributed by atoms with Gasteiger partial charge in [-0.15, -0.1) is 0 Å². The first-order chi connectivity index (χ1) is 12.7. The lowest BCUT2D eigenvalue weighted by Gasteiger charge is -2.07. The van der Waals surface area contributed by atoms with Crippen LogP contribution in [0.15, 0.2) is 30.3 Å². The molecule has 0 radical (unpaired) electrons. The number of nitrogens with one attached hydrogen (secondary N) is 2. The van der Waals surface area contributed by atoms with Crippen molar-refractivity contribution in [3.63, 3.8) is 0 Å². The molecule has 146 valence electrons. The molecule has 1 rings (SSSR count). The number of hydrogen-bond donors (Lipinski definition) is 2. The number of hydrogen-bond acceptors (Lipinski definition) is 3. The maximum absolute atomic E-state index is 11.6. The number of benzene rings is 1. The predicted molar refractivity (Wildman–Crippen MR) is 105 cm³/mol. The molecule has 0 aliphatic heterocycles. The van der Waals surface area contributed by atoms with E-state index in [0.29, 0.717) is 19.6 Å². The van der Waals surface area contributed by atoms with Gasteiger partial charge in [0.25, 0.3) is 0 Å². The Balaban J connectivity index is 1.83. The van der Waals surface area contributed by atoms with Crippen molar-refractivity contribution in [3.8, 4) is 0 Å². The summed E-state index contributed by atoms with van der Waals surface area (Å²) < 4.78 is 5.16. The predicted octanol–water partition coefficient (Wildman–Crippen LogP) is 4.56. The second-order valence-electron chi connectivity index (χ2n) is 6.52. The van der Waals surface area contributed by atoms with Crippen LogP contribution in [0.3, 0.4) is 0 Å². The number of unbranched alkanes of at least 4 members (excludes halogenated alkanes) is 7. The smallest absolute Gasteiger partial charge is 0.407 e. The van der Waals surface area contributed by atoms with Crippen molar-refractivity contribution < 1.29 is 14.3 Å². The van der Waals surface area contributed by atoms with Crippen molar-refractivity contribution >= 4 is 12.0 Å². The summed E-state index contributed by atoms with van der Waals surface area (Å²) in [4.78, 5) is 22.9. The molecule has 0 saturated carbocycles. The largest absolute Gasteiger partial charge is 0.445 e. The fraction of sp³-hybridized carbons (Fsp3) is 0.619. The Morgan fingerprint density at radius 2 is 1.46 bits per heavy atom. The van der Waals surface area contributed by atoms with Crippen molar-refractivity contribution in [2.75, 3.05) is 13.1 Å². The highest BCUT2D eigenvalue weighted by Crippen LogP contribution is 2.09. The van der Waals surface area contributed by atoms with Gasteiger partial charge in [-0.1, -0.05) is 68.9 Å². The van der Waals surface area contributed by atoms with Crippen LogP contribution in [0.2, 0.25) is 0 Å². The zero-order chi connectivity index (χ0) is 18.9. The summed E-state index contributed by atoms with van der Waals surface area (Å²) in [5, 5.41) is 5.62. The first kappa shape index (κ1) is 22.0. The summed E-state index contributed by atoms with van der Waals surface area (Å²) >= 11 is 0.